The Bertz CT molecular complexity index is 511. The van der Waals surface area contributed by atoms with E-state index < -0.39 is 11.8 Å². The van der Waals surface area contributed by atoms with Gasteiger partial charge in [0.2, 0.25) is 0 Å². The van der Waals surface area contributed by atoms with Gasteiger partial charge in [0.1, 0.15) is 0 Å². The van der Waals surface area contributed by atoms with E-state index >= 15 is 0 Å². The number of piperidine rings is 1. The summed E-state index contributed by atoms with van der Waals surface area (Å²) in [5.74, 6) is -1.50. The van der Waals surface area contributed by atoms with Gasteiger partial charge in [-0.2, -0.15) is 5.10 Å². The predicted octanol–water partition coefficient (Wildman–Crippen LogP) is -0.0164. The van der Waals surface area contributed by atoms with Crippen LogP contribution in [-0.2, 0) is 16.1 Å². The summed E-state index contributed by atoms with van der Waals surface area (Å²) in [6.07, 6.45) is 4.67. The highest BCUT2D eigenvalue weighted by Gasteiger charge is 2.31. The molecule has 1 aromatic heterocycles. The Hall–Kier alpha value is -1.89. The SMILES string of the molecule is CN(C)CCn1ccc([C@@H]2CCCCN2C(=O)C(N)=O)n1. The fraction of sp³-hybridized carbons (Fsp3) is 0.643. The van der Waals surface area contributed by atoms with Crippen LogP contribution in [0.4, 0.5) is 0 Å². The topological polar surface area (TPSA) is 84.5 Å². The molecule has 0 aromatic carbocycles. The molecule has 2 rings (SSSR count). The van der Waals surface area contributed by atoms with Crippen molar-refractivity contribution in [3.8, 4) is 0 Å². The summed E-state index contributed by atoms with van der Waals surface area (Å²) in [6, 6.07) is 1.78. The minimum atomic E-state index is -0.894. The molecule has 0 unspecified atom stereocenters. The number of likely N-dealkylation sites (N-methyl/N-ethyl adjacent to an activating group) is 1. The number of hydrogen-bond donors (Lipinski definition) is 1. The molecule has 0 bridgehead atoms. The summed E-state index contributed by atoms with van der Waals surface area (Å²) in [6.45, 7) is 2.26. The van der Waals surface area contributed by atoms with Crippen molar-refractivity contribution in [1.82, 2.24) is 19.6 Å². The molecule has 0 spiro atoms. The molecule has 1 aromatic rings. The van der Waals surface area contributed by atoms with Crippen molar-refractivity contribution in [3.63, 3.8) is 0 Å². The van der Waals surface area contributed by atoms with Gasteiger partial charge in [0, 0.05) is 19.3 Å². The summed E-state index contributed by atoms with van der Waals surface area (Å²) in [5.41, 5.74) is 5.97. The van der Waals surface area contributed by atoms with Crippen LogP contribution in [-0.4, -0.2) is 58.6 Å². The molecule has 116 valence electrons. The zero-order valence-corrected chi connectivity index (χ0v) is 12.7. The molecule has 1 atom stereocenters. The smallest absolute Gasteiger partial charge is 0.312 e. The molecule has 1 saturated heterocycles. The predicted molar refractivity (Wildman–Crippen MR) is 78.3 cm³/mol. The number of primary amides is 1. The van der Waals surface area contributed by atoms with E-state index in [2.05, 4.69) is 10.00 Å². The number of hydrogen-bond acceptors (Lipinski definition) is 4. The molecule has 2 amide bonds. The van der Waals surface area contributed by atoms with E-state index in [1.165, 1.54) is 0 Å². The van der Waals surface area contributed by atoms with Gasteiger partial charge in [0.05, 0.1) is 18.3 Å². The van der Waals surface area contributed by atoms with E-state index in [1.54, 1.807) is 4.90 Å². The third kappa shape index (κ3) is 3.81. The lowest BCUT2D eigenvalue weighted by atomic mass is 9.99. The van der Waals surface area contributed by atoms with E-state index in [1.807, 2.05) is 31.0 Å². The van der Waals surface area contributed by atoms with Crippen molar-refractivity contribution in [2.75, 3.05) is 27.2 Å². The van der Waals surface area contributed by atoms with Crippen molar-refractivity contribution < 1.29 is 9.59 Å². The molecule has 1 aliphatic heterocycles. The van der Waals surface area contributed by atoms with Crippen molar-refractivity contribution in [2.24, 2.45) is 5.73 Å². The Morgan fingerprint density at radius 2 is 2.19 bits per heavy atom. The van der Waals surface area contributed by atoms with Gasteiger partial charge in [-0.25, -0.2) is 0 Å². The van der Waals surface area contributed by atoms with E-state index in [4.69, 9.17) is 5.73 Å². The second kappa shape index (κ2) is 6.71. The molecule has 2 heterocycles. The van der Waals surface area contributed by atoms with Gasteiger partial charge in [-0.3, -0.25) is 14.3 Å². The quantitative estimate of drug-likeness (QED) is 0.791. The molecule has 21 heavy (non-hydrogen) atoms. The lowest BCUT2D eigenvalue weighted by Gasteiger charge is -2.33. The number of aromatic nitrogens is 2. The Morgan fingerprint density at radius 3 is 2.86 bits per heavy atom. The fourth-order valence-electron chi connectivity index (χ4n) is 2.61. The summed E-state index contributed by atoms with van der Waals surface area (Å²) in [4.78, 5) is 26.7. The minimum Gasteiger partial charge on any atom is -0.361 e. The summed E-state index contributed by atoms with van der Waals surface area (Å²) in [5, 5.41) is 4.54. The maximum atomic E-state index is 11.9. The van der Waals surface area contributed by atoms with Crippen molar-refractivity contribution in [1.29, 1.82) is 0 Å². The first-order valence-electron chi connectivity index (χ1n) is 7.27. The Labute approximate surface area is 124 Å². The van der Waals surface area contributed by atoms with E-state index in [9.17, 15) is 9.59 Å². The van der Waals surface area contributed by atoms with Gasteiger partial charge in [-0.15, -0.1) is 0 Å². The minimum absolute atomic E-state index is 0.139. The second-order valence-electron chi connectivity index (χ2n) is 5.68. The highest BCUT2D eigenvalue weighted by atomic mass is 16.2. The summed E-state index contributed by atoms with van der Waals surface area (Å²) in [7, 11) is 4.03. The van der Waals surface area contributed by atoms with Crippen LogP contribution in [0.25, 0.3) is 0 Å². The zero-order chi connectivity index (χ0) is 15.4. The Kier molecular flexibility index (Phi) is 4.95. The normalized spacial score (nSPS) is 19.0. The first-order valence-corrected chi connectivity index (χ1v) is 7.27. The zero-order valence-electron chi connectivity index (χ0n) is 12.7. The van der Waals surface area contributed by atoms with Crippen molar-refractivity contribution >= 4 is 11.8 Å². The molecule has 0 saturated carbocycles. The number of nitrogens with zero attached hydrogens (tertiary/aromatic N) is 4. The van der Waals surface area contributed by atoms with Crippen LogP contribution in [0.1, 0.15) is 31.0 Å². The number of amides is 2. The largest absolute Gasteiger partial charge is 0.361 e. The van der Waals surface area contributed by atoms with Crippen LogP contribution in [0.3, 0.4) is 0 Å². The van der Waals surface area contributed by atoms with Gasteiger partial charge in [-0.05, 0) is 39.4 Å². The number of carbonyl (C=O) groups excluding carboxylic acids is 2. The first kappa shape index (κ1) is 15.5. The van der Waals surface area contributed by atoms with Gasteiger partial charge >= 0.3 is 11.8 Å². The van der Waals surface area contributed by atoms with Crippen LogP contribution < -0.4 is 5.73 Å². The van der Waals surface area contributed by atoms with E-state index in [0.717, 1.165) is 38.0 Å². The van der Waals surface area contributed by atoms with Crippen LogP contribution in [0, 0.1) is 0 Å². The van der Waals surface area contributed by atoms with Gasteiger partial charge in [-0.1, -0.05) is 0 Å². The molecule has 1 fully saturated rings. The molecular weight excluding hydrogens is 270 g/mol. The molecule has 2 N–H and O–H groups in total. The monoisotopic (exact) mass is 293 g/mol. The average Bonchev–Trinajstić information content (AvgIpc) is 2.93. The second-order valence-corrected chi connectivity index (χ2v) is 5.68. The highest BCUT2D eigenvalue weighted by molar-refractivity contribution is 6.34. The van der Waals surface area contributed by atoms with E-state index in [-0.39, 0.29) is 6.04 Å². The van der Waals surface area contributed by atoms with Crippen LogP contribution in [0.15, 0.2) is 12.3 Å². The third-order valence-corrected chi connectivity index (χ3v) is 3.75. The van der Waals surface area contributed by atoms with Gasteiger partial charge in [0.15, 0.2) is 0 Å². The third-order valence-electron chi connectivity index (χ3n) is 3.75. The van der Waals surface area contributed by atoms with Crippen molar-refractivity contribution in [3.05, 3.63) is 18.0 Å². The number of nitrogens with two attached hydrogens (primary N) is 1. The van der Waals surface area contributed by atoms with Gasteiger partial charge < -0.3 is 15.5 Å². The fourth-order valence-corrected chi connectivity index (χ4v) is 2.61. The van der Waals surface area contributed by atoms with Crippen LogP contribution in [0.5, 0.6) is 0 Å². The van der Waals surface area contributed by atoms with Crippen LogP contribution >= 0.6 is 0 Å². The molecule has 0 aliphatic carbocycles. The summed E-state index contributed by atoms with van der Waals surface area (Å²) < 4.78 is 1.87. The number of carbonyl (C=O) groups is 2. The number of rotatable bonds is 4. The molecule has 7 nitrogen and oxygen atoms in total. The van der Waals surface area contributed by atoms with E-state index in [0.29, 0.717) is 6.54 Å². The maximum absolute atomic E-state index is 11.9. The first-order chi connectivity index (χ1) is 9.99. The molecular formula is C14H23N5O2. The van der Waals surface area contributed by atoms with Gasteiger partial charge in [0.25, 0.3) is 0 Å². The van der Waals surface area contributed by atoms with Crippen molar-refractivity contribution in [2.45, 2.75) is 31.8 Å². The number of likely N-dealkylation sites (tertiary alicyclic amines) is 1. The average molecular weight is 293 g/mol. The highest BCUT2D eigenvalue weighted by Crippen LogP contribution is 2.29. The lowest BCUT2D eigenvalue weighted by Crippen LogP contribution is -2.45. The molecule has 1 aliphatic rings. The lowest BCUT2D eigenvalue weighted by molar-refractivity contribution is -0.146. The standard InChI is InChI=1S/C14H23N5O2/c1-17(2)9-10-18-8-6-11(16-18)12-5-3-4-7-19(12)14(21)13(15)20/h6,8,12H,3-5,7,9-10H2,1-2H3,(H2,15,20)/t12-/m0/s1. The van der Waals surface area contributed by atoms with Crippen LogP contribution in [0.2, 0.25) is 0 Å². The maximum Gasteiger partial charge on any atom is 0.312 e. The molecule has 0 radical (unpaired) electrons. The molecule has 7 heteroatoms. The Balaban J connectivity index is 2.10. The Morgan fingerprint density at radius 1 is 1.43 bits per heavy atom. The summed E-state index contributed by atoms with van der Waals surface area (Å²) >= 11 is 0.